The first-order valence-corrected chi connectivity index (χ1v) is 12.7. The highest BCUT2D eigenvalue weighted by atomic mass is 35.5. The molecule has 0 saturated heterocycles. The van der Waals surface area contributed by atoms with E-state index in [1.54, 1.807) is 16.9 Å². The van der Waals surface area contributed by atoms with E-state index < -0.39 is 8.32 Å². The molecule has 2 fully saturated rings. The molecule has 2 saturated carbocycles. The summed E-state index contributed by atoms with van der Waals surface area (Å²) in [4.78, 5) is 4.43. The zero-order valence-corrected chi connectivity index (χ0v) is 18.0. The fourth-order valence-electron chi connectivity index (χ4n) is 3.85. The predicted octanol–water partition coefficient (Wildman–Crippen LogP) is 5.09. The number of nitrogens with zero attached hydrogens (tertiary/aromatic N) is 3. The summed E-state index contributed by atoms with van der Waals surface area (Å²) in [6, 6.07) is 1.92. The van der Waals surface area contributed by atoms with Crippen molar-refractivity contribution >= 4 is 25.4 Å². The Bertz CT molecular complexity index is 832. The molecule has 0 bridgehead atoms. The van der Waals surface area contributed by atoms with E-state index in [0.29, 0.717) is 17.0 Å². The lowest BCUT2D eigenvalue weighted by atomic mass is 9.95. The first-order chi connectivity index (χ1) is 12.1. The molecule has 0 amide bonds. The van der Waals surface area contributed by atoms with Crippen molar-refractivity contribution in [2.75, 3.05) is 0 Å². The molecule has 2 aromatic rings. The summed E-state index contributed by atoms with van der Waals surface area (Å²) in [5.74, 6) is 1.19. The molecule has 5 nitrogen and oxygen atoms in total. The zero-order valence-electron chi connectivity index (χ0n) is 16.3. The van der Waals surface area contributed by atoms with Gasteiger partial charge in [-0.1, -0.05) is 32.4 Å². The molecule has 0 aromatic carbocycles. The quantitative estimate of drug-likeness (QED) is 0.678. The number of hydrogen-bond acceptors (Lipinski definition) is 4. The van der Waals surface area contributed by atoms with Crippen LogP contribution >= 0.6 is 11.6 Å². The van der Waals surface area contributed by atoms with Crippen LogP contribution in [-0.4, -0.2) is 34.6 Å². The third-order valence-corrected chi connectivity index (χ3v) is 11.2. The van der Waals surface area contributed by atoms with Crippen molar-refractivity contribution in [2.45, 2.75) is 76.3 Å². The van der Waals surface area contributed by atoms with Gasteiger partial charge in [-0.15, -0.1) is 0 Å². The van der Waals surface area contributed by atoms with Gasteiger partial charge in [0.1, 0.15) is 11.1 Å². The number of halogens is 1. The number of aromatic nitrogens is 3. The highest BCUT2D eigenvalue weighted by Gasteiger charge is 2.61. The number of hydrogen-bond donors (Lipinski definition) is 0. The lowest BCUT2D eigenvalue weighted by Crippen LogP contribution is -2.46. The fourth-order valence-corrected chi connectivity index (χ4v) is 5.40. The van der Waals surface area contributed by atoms with Gasteiger partial charge in [0.05, 0.1) is 12.4 Å². The topological polar surface area (TPSA) is 48.7 Å². The van der Waals surface area contributed by atoms with Gasteiger partial charge in [0, 0.05) is 18.4 Å². The maximum atomic E-state index is 6.69. The van der Waals surface area contributed by atoms with Crippen LogP contribution in [0.1, 0.15) is 46.5 Å². The summed E-state index contributed by atoms with van der Waals surface area (Å²) in [5, 5.41) is 4.87. The molecule has 2 aromatic heterocycles. The van der Waals surface area contributed by atoms with Gasteiger partial charge in [-0.05, 0) is 43.5 Å². The van der Waals surface area contributed by atoms with Crippen molar-refractivity contribution in [3.05, 3.63) is 23.6 Å². The minimum atomic E-state index is -1.78. The Morgan fingerprint density at radius 1 is 1.27 bits per heavy atom. The normalized spacial score (nSPS) is 28.8. The molecule has 4 rings (SSSR count). The van der Waals surface area contributed by atoms with E-state index in [1.807, 2.05) is 6.07 Å². The minimum Gasteiger partial charge on any atom is -0.469 e. The molecule has 0 aliphatic heterocycles. The number of rotatable bonds is 4. The van der Waals surface area contributed by atoms with Gasteiger partial charge < -0.3 is 9.16 Å². The van der Waals surface area contributed by atoms with E-state index in [-0.39, 0.29) is 16.7 Å². The standard InChI is InChI=1S/C19H28ClN3O2Si/c1-18(2,3)26(4,5)25-14-7-6-13-10-19(13,11-14)24-17-15-8-9-21-23(15)12-16(20)22-17/h8-9,12-14H,6-7,10-11H2,1-5H3. The van der Waals surface area contributed by atoms with Gasteiger partial charge in [-0.25, -0.2) is 4.52 Å². The van der Waals surface area contributed by atoms with Gasteiger partial charge in [0.25, 0.3) is 0 Å². The maximum absolute atomic E-state index is 6.69. The predicted molar refractivity (Wildman–Crippen MR) is 105 cm³/mol. The molecule has 2 heterocycles. The third kappa shape index (κ3) is 3.16. The SMILES string of the molecule is CC(C)(C)[Si](C)(C)OC1CCC2CC2(Oc2nc(Cl)cn3nccc23)C1. The lowest BCUT2D eigenvalue weighted by molar-refractivity contribution is 0.0439. The van der Waals surface area contributed by atoms with Crippen molar-refractivity contribution in [3.63, 3.8) is 0 Å². The van der Waals surface area contributed by atoms with Gasteiger partial charge >= 0.3 is 0 Å². The summed E-state index contributed by atoms with van der Waals surface area (Å²) in [7, 11) is -1.78. The molecule has 142 valence electrons. The summed E-state index contributed by atoms with van der Waals surface area (Å²) in [6.45, 7) is 11.5. The Morgan fingerprint density at radius 2 is 2.04 bits per heavy atom. The molecule has 2 aliphatic rings. The molecule has 7 heteroatoms. The van der Waals surface area contributed by atoms with Crippen molar-refractivity contribution < 1.29 is 9.16 Å². The summed E-state index contributed by atoms with van der Waals surface area (Å²) in [6.07, 6.45) is 8.04. The first-order valence-electron chi connectivity index (χ1n) is 9.46. The molecule has 0 spiro atoms. The molecule has 26 heavy (non-hydrogen) atoms. The largest absolute Gasteiger partial charge is 0.469 e. The van der Waals surface area contributed by atoms with E-state index in [4.69, 9.17) is 20.8 Å². The second-order valence-electron chi connectivity index (χ2n) is 9.38. The van der Waals surface area contributed by atoms with Gasteiger partial charge in [-0.2, -0.15) is 10.1 Å². The Balaban J connectivity index is 1.53. The molecule has 3 unspecified atom stereocenters. The van der Waals surface area contributed by atoms with Crippen LogP contribution < -0.4 is 4.74 Å². The van der Waals surface area contributed by atoms with Crippen LogP contribution in [0.5, 0.6) is 5.88 Å². The number of fused-ring (bicyclic) bond motifs is 2. The van der Waals surface area contributed by atoms with Crippen LogP contribution in [0.4, 0.5) is 0 Å². The van der Waals surface area contributed by atoms with Crippen molar-refractivity contribution in [3.8, 4) is 5.88 Å². The van der Waals surface area contributed by atoms with Crippen molar-refractivity contribution in [2.24, 2.45) is 5.92 Å². The molecule has 0 N–H and O–H groups in total. The Labute approximate surface area is 161 Å². The highest BCUT2D eigenvalue weighted by molar-refractivity contribution is 6.74. The minimum absolute atomic E-state index is 0.145. The van der Waals surface area contributed by atoms with Crippen LogP contribution in [0, 0.1) is 5.92 Å². The lowest BCUT2D eigenvalue weighted by Gasteiger charge is -2.41. The molecular formula is C19H28ClN3O2Si. The van der Waals surface area contributed by atoms with Gasteiger partial charge in [0.15, 0.2) is 13.5 Å². The van der Waals surface area contributed by atoms with Crippen molar-refractivity contribution in [1.29, 1.82) is 0 Å². The smallest absolute Gasteiger partial charge is 0.242 e. The Hall–Kier alpha value is -1.11. The summed E-state index contributed by atoms with van der Waals surface area (Å²) >= 11 is 6.15. The molecular weight excluding hydrogens is 366 g/mol. The van der Waals surface area contributed by atoms with Crippen LogP contribution in [0.25, 0.3) is 5.52 Å². The van der Waals surface area contributed by atoms with Crippen molar-refractivity contribution in [1.82, 2.24) is 14.6 Å². The van der Waals surface area contributed by atoms with E-state index >= 15 is 0 Å². The third-order valence-electron chi connectivity index (χ3n) is 6.48. The highest BCUT2D eigenvalue weighted by Crippen LogP contribution is 2.57. The molecule has 3 atom stereocenters. The second-order valence-corrected chi connectivity index (χ2v) is 14.5. The molecule has 0 radical (unpaired) electrons. The molecule has 2 aliphatic carbocycles. The van der Waals surface area contributed by atoms with Crippen LogP contribution in [0.15, 0.2) is 18.5 Å². The van der Waals surface area contributed by atoms with E-state index in [9.17, 15) is 0 Å². The van der Waals surface area contributed by atoms with Gasteiger partial charge in [0.2, 0.25) is 5.88 Å². The second kappa shape index (κ2) is 5.94. The van der Waals surface area contributed by atoms with Crippen LogP contribution in [-0.2, 0) is 4.43 Å². The summed E-state index contributed by atoms with van der Waals surface area (Å²) < 4.78 is 14.9. The van der Waals surface area contributed by atoms with E-state index in [0.717, 1.165) is 31.2 Å². The fraction of sp³-hybridized carbons (Fsp3) is 0.684. The van der Waals surface area contributed by atoms with E-state index in [2.05, 4.69) is 43.9 Å². The monoisotopic (exact) mass is 393 g/mol. The maximum Gasteiger partial charge on any atom is 0.242 e. The first kappa shape index (κ1) is 18.3. The van der Waals surface area contributed by atoms with Crippen LogP contribution in [0.2, 0.25) is 23.3 Å². The Morgan fingerprint density at radius 3 is 2.77 bits per heavy atom. The van der Waals surface area contributed by atoms with Gasteiger partial charge in [-0.3, -0.25) is 0 Å². The zero-order chi connectivity index (χ0) is 18.7. The summed E-state index contributed by atoms with van der Waals surface area (Å²) in [5.41, 5.74) is 0.718. The average Bonchev–Trinajstić information content (AvgIpc) is 2.99. The van der Waals surface area contributed by atoms with Crippen LogP contribution in [0.3, 0.4) is 0 Å². The average molecular weight is 394 g/mol. The van der Waals surface area contributed by atoms with E-state index in [1.165, 1.54) is 0 Å². The Kier molecular flexibility index (Phi) is 4.17. The number of ether oxygens (including phenoxy) is 1.